The Bertz CT molecular complexity index is 710. The molecule has 0 unspecified atom stereocenters. The summed E-state index contributed by atoms with van der Waals surface area (Å²) in [6.45, 7) is 0. The van der Waals surface area contributed by atoms with E-state index in [0.717, 1.165) is 13.2 Å². The molecular formula is C10H12N6O7. The van der Waals surface area contributed by atoms with Crippen LogP contribution in [0.2, 0.25) is 0 Å². The van der Waals surface area contributed by atoms with Crippen LogP contribution in [0.3, 0.4) is 0 Å². The summed E-state index contributed by atoms with van der Waals surface area (Å²) < 4.78 is 9.85. The fraction of sp³-hybridized carbons (Fsp3) is 0.200. The van der Waals surface area contributed by atoms with E-state index in [1.165, 1.54) is 7.11 Å². The standard InChI is InChI=1S/C10H12N6O7/c1-22-7-3-6(15(18)19)8(16(20)21)5(9(7)23-2)4-13-14(17)10(11)12/h3-4H,11-12H2,1-2H3. The van der Waals surface area contributed by atoms with Crippen LogP contribution in [0.1, 0.15) is 5.56 Å². The maximum absolute atomic E-state index is 11.2. The van der Waals surface area contributed by atoms with E-state index in [1.54, 1.807) is 0 Å². The van der Waals surface area contributed by atoms with Gasteiger partial charge in [0.2, 0.25) is 0 Å². The van der Waals surface area contributed by atoms with E-state index >= 15 is 0 Å². The quantitative estimate of drug-likeness (QED) is 0.175. The minimum atomic E-state index is -1.01. The zero-order chi connectivity index (χ0) is 17.7. The highest BCUT2D eigenvalue weighted by molar-refractivity contribution is 5.93. The van der Waals surface area contributed by atoms with Gasteiger partial charge in [-0.3, -0.25) is 31.7 Å². The molecule has 13 nitrogen and oxygen atoms in total. The Labute approximate surface area is 128 Å². The minimum Gasteiger partial charge on any atom is -0.722 e. The van der Waals surface area contributed by atoms with Crippen molar-refractivity contribution in [3.05, 3.63) is 37.1 Å². The van der Waals surface area contributed by atoms with Crippen LogP contribution in [-0.4, -0.2) is 41.1 Å². The second-order valence-corrected chi connectivity index (χ2v) is 3.85. The van der Waals surface area contributed by atoms with Gasteiger partial charge < -0.3 is 14.7 Å². The highest BCUT2D eigenvalue weighted by atomic mass is 16.6. The Balaban J connectivity index is 3.81. The van der Waals surface area contributed by atoms with Crippen LogP contribution in [0, 0.1) is 25.4 Å². The number of rotatable bonds is 6. The fourth-order valence-electron chi connectivity index (χ4n) is 1.63. The number of hydrogen-bond acceptors (Lipinski definition) is 8. The Morgan fingerprint density at radius 3 is 2.17 bits per heavy atom. The summed E-state index contributed by atoms with van der Waals surface area (Å²) in [5.41, 5.74) is 7.75. The first-order chi connectivity index (χ1) is 10.7. The van der Waals surface area contributed by atoms with Gasteiger partial charge in [0.15, 0.2) is 11.5 Å². The second-order valence-electron chi connectivity index (χ2n) is 3.85. The average Bonchev–Trinajstić information content (AvgIpc) is 2.49. The molecule has 1 aromatic rings. The largest absolute Gasteiger partial charge is 0.722 e. The summed E-state index contributed by atoms with van der Waals surface area (Å²) in [4.78, 5) is 20.0. The van der Waals surface area contributed by atoms with Crippen molar-refractivity contribution in [3.63, 3.8) is 0 Å². The van der Waals surface area contributed by atoms with Crippen LogP contribution in [-0.2, 0) is 0 Å². The lowest BCUT2D eigenvalue weighted by Crippen LogP contribution is -2.30. The molecule has 23 heavy (non-hydrogen) atoms. The third-order valence-electron chi connectivity index (χ3n) is 2.55. The molecule has 0 bridgehead atoms. The molecule has 0 amide bonds. The van der Waals surface area contributed by atoms with Gasteiger partial charge in [-0.2, -0.15) is 0 Å². The monoisotopic (exact) mass is 328 g/mol. The Kier molecular flexibility index (Phi) is 5.21. The summed E-state index contributed by atoms with van der Waals surface area (Å²) in [5, 5.41) is 36.7. The van der Waals surface area contributed by atoms with Gasteiger partial charge in [0, 0.05) is 0 Å². The number of hydrogen-bond donors (Lipinski definition) is 2. The van der Waals surface area contributed by atoms with Crippen molar-refractivity contribution in [1.82, 2.24) is 0 Å². The molecule has 0 fully saturated rings. The van der Waals surface area contributed by atoms with Crippen LogP contribution < -0.4 is 20.9 Å². The number of nitro benzene ring substituents is 2. The van der Waals surface area contributed by atoms with Gasteiger partial charge in [-0.25, -0.2) is 0 Å². The van der Waals surface area contributed by atoms with E-state index < -0.39 is 32.7 Å². The molecule has 0 aromatic heterocycles. The van der Waals surface area contributed by atoms with Crippen molar-refractivity contribution in [1.29, 1.82) is 0 Å². The van der Waals surface area contributed by atoms with Crippen molar-refractivity contribution in [2.75, 3.05) is 14.2 Å². The highest BCUT2D eigenvalue weighted by Gasteiger charge is 2.34. The fourth-order valence-corrected chi connectivity index (χ4v) is 1.63. The molecule has 0 spiro atoms. The molecule has 1 aromatic carbocycles. The van der Waals surface area contributed by atoms with Crippen molar-refractivity contribution < 1.29 is 24.2 Å². The maximum atomic E-state index is 11.2. The predicted molar refractivity (Wildman–Crippen MR) is 77.5 cm³/mol. The zero-order valence-corrected chi connectivity index (χ0v) is 12.0. The third-order valence-corrected chi connectivity index (χ3v) is 2.55. The molecule has 4 N–H and O–H groups in total. The first-order valence-corrected chi connectivity index (χ1v) is 5.71. The maximum Gasteiger partial charge on any atom is 0.366 e. The summed E-state index contributed by atoms with van der Waals surface area (Å²) >= 11 is 0. The predicted octanol–water partition coefficient (Wildman–Crippen LogP) is -0.362. The first kappa shape index (κ1) is 17.4. The Morgan fingerprint density at radius 1 is 1.17 bits per heavy atom. The minimum absolute atomic E-state index is 0.159. The topological polar surface area (TPSA) is 195 Å². The summed E-state index contributed by atoms with van der Waals surface area (Å²) in [5.74, 6) is -1.12. The molecule has 0 aliphatic rings. The number of ether oxygens (including phenoxy) is 2. The van der Waals surface area contributed by atoms with Crippen LogP contribution >= 0.6 is 0 Å². The van der Waals surface area contributed by atoms with E-state index in [-0.39, 0.29) is 16.3 Å². The van der Waals surface area contributed by atoms with Gasteiger partial charge in [0.05, 0.1) is 36.3 Å². The van der Waals surface area contributed by atoms with Crippen molar-refractivity contribution in [2.45, 2.75) is 0 Å². The number of hydrazone groups is 1. The lowest BCUT2D eigenvalue weighted by molar-refractivity contribution is -0.464. The van der Waals surface area contributed by atoms with Gasteiger partial charge in [-0.15, -0.1) is 9.95 Å². The lowest BCUT2D eigenvalue weighted by atomic mass is 10.1. The number of benzene rings is 1. The Hall–Kier alpha value is -3.64. The van der Waals surface area contributed by atoms with Gasteiger partial charge >= 0.3 is 17.3 Å². The smallest absolute Gasteiger partial charge is 0.366 e. The zero-order valence-electron chi connectivity index (χ0n) is 12.0. The number of nitrogens with two attached hydrogens (primary N) is 2. The first-order valence-electron chi connectivity index (χ1n) is 5.71. The Morgan fingerprint density at radius 2 is 1.78 bits per heavy atom. The molecular weight excluding hydrogens is 316 g/mol. The van der Waals surface area contributed by atoms with E-state index in [1.807, 2.05) is 0 Å². The van der Waals surface area contributed by atoms with Gasteiger partial charge in [0.25, 0.3) is 0 Å². The summed E-state index contributed by atoms with van der Waals surface area (Å²) in [6.07, 6.45) is 0.666. The van der Waals surface area contributed by atoms with Gasteiger partial charge in [0.1, 0.15) is 5.56 Å². The molecule has 0 aliphatic heterocycles. The molecule has 0 heterocycles. The third kappa shape index (κ3) is 3.52. The molecule has 1 rings (SSSR count). The molecule has 0 radical (unpaired) electrons. The van der Waals surface area contributed by atoms with E-state index in [2.05, 4.69) is 5.10 Å². The highest BCUT2D eigenvalue weighted by Crippen LogP contribution is 2.42. The van der Waals surface area contributed by atoms with E-state index in [0.29, 0.717) is 6.21 Å². The van der Waals surface area contributed by atoms with Crippen molar-refractivity contribution in [3.8, 4) is 11.5 Å². The normalized spacial score (nSPS) is 10.3. The average molecular weight is 328 g/mol. The molecule has 124 valence electrons. The molecule has 0 aliphatic carbocycles. The summed E-state index contributed by atoms with van der Waals surface area (Å²) in [7, 11) is 2.34. The molecule has 0 saturated carbocycles. The van der Waals surface area contributed by atoms with Crippen molar-refractivity contribution in [2.24, 2.45) is 16.6 Å². The number of nitrogens with zero attached hydrogens (tertiary/aromatic N) is 4. The number of methoxy groups -OCH3 is 2. The van der Waals surface area contributed by atoms with Gasteiger partial charge in [-0.05, 0) is 0 Å². The van der Waals surface area contributed by atoms with E-state index in [9.17, 15) is 25.4 Å². The van der Waals surface area contributed by atoms with Gasteiger partial charge in [-0.1, -0.05) is 0 Å². The van der Waals surface area contributed by atoms with Crippen molar-refractivity contribution >= 4 is 23.5 Å². The van der Waals surface area contributed by atoms with E-state index in [4.69, 9.17) is 20.9 Å². The lowest BCUT2D eigenvalue weighted by Gasteiger charge is -2.11. The number of guanidine groups is 1. The molecule has 0 atom stereocenters. The number of nitro groups is 2. The van der Waals surface area contributed by atoms with Crippen LogP contribution in [0.4, 0.5) is 11.4 Å². The van der Waals surface area contributed by atoms with Crippen LogP contribution in [0.25, 0.3) is 0 Å². The second kappa shape index (κ2) is 6.88. The molecule has 13 heteroatoms. The molecule has 0 saturated heterocycles. The SMILES string of the molecule is COc1cc([N+](=O)[O-])c([N+](=O)[O-])c(C=N[N+]([O-])=C(N)N)c1OC. The van der Waals surface area contributed by atoms with Crippen LogP contribution in [0.5, 0.6) is 11.5 Å². The summed E-state index contributed by atoms with van der Waals surface area (Å²) in [6, 6.07) is 0.826. The van der Waals surface area contributed by atoms with Crippen LogP contribution in [0.15, 0.2) is 11.2 Å².